The molecule has 1 aliphatic rings. The molecule has 4 aromatic rings. The van der Waals surface area contributed by atoms with Crippen molar-refractivity contribution in [1.82, 2.24) is 5.32 Å². The number of nitrogens with one attached hydrogen (secondary N) is 3. The Hall–Kier alpha value is -5.50. The van der Waals surface area contributed by atoms with E-state index in [1.54, 1.807) is 30.1 Å². The van der Waals surface area contributed by atoms with Crippen molar-refractivity contribution in [3.05, 3.63) is 125 Å². The van der Waals surface area contributed by atoms with Gasteiger partial charge < -0.3 is 20.9 Å². The van der Waals surface area contributed by atoms with Crippen LogP contribution in [0.1, 0.15) is 39.0 Å². The summed E-state index contributed by atoms with van der Waals surface area (Å²) in [5.41, 5.74) is 7.10. The molecule has 1 heterocycles. The molecule has 0 aliphatic carbocycles. The number of amides is 2. The average molecular weight is 573 g/mol. The molecular weight excluding hydrogens is 540 g/mol. The number of benzene rings is 4. The zero-order valence-electron chi connectivity index (χ0n) is 23.8. The number of carbonyl (C=O) groups excluding carboxylic acids is 4. The number of carbonyl (C=O) groups is 4. The lowest BCUT2D eigenvalue weighted by Crippen LogP contribution is -2.34. The fourth-order valence-electron chi connectivity index (χ4n) is 5.21. The van der Waals surface area contributed by atoms with Crippen molar-refractivity contribution in [2.24, 2.45) is 0 Å². The molecular formula is C35H32N4O4. The van der Waals surface area contributed by atoms with Crippen molar-refractivity contribution in [3.8, 4) is 0 Å². The molecule has 8 heteroatoms. The van der Waals surface area contributed by atoms with Gasteiger partial charge in [0.25, 0.3) is 0 Å². The van der Waals surface area contributed by atoms with Gasteiger partial charge in [-0.3, -0.25) is 19.2 Å². The first-order chi connectivity index (χ1) is 21.0. The van der Waals surface area contributed by atoms with Gasteiger partial charge in [0.15, 0.2) is 6.29 Å². The topological polar surface area (TPSA) is 108 Å². The summed E-state index contributed by atoms with van der Waals surface area (Å²) in [5.74, 6) is -0.571. The van der Waals surface area contributed by atoms with E-state index in [1.807, 2.05) is 78.9 Å². The van der Waals surface area contributed by atoms with Crippen molar-refractivity contribution in [2.75, 3.05) is 29.1 Å². The van der Waals surface area contributed by atoms with E-state index in [1.165, 1.54) is 0 Å². The second-order valence-electron chi connectivity index (χ2n) is 10.1. The predicted octanol–water partition coefficient (Wildman–Crippen LogP) is 5.32. The summed E-state index contributed by atoms with van der Waals surface area (Å²) in [6, 6.07) is 29.9. The molecule has 0 spiro atoms. The molecule has 2 amide bonds. The van der Waals surface area contributed by atoms with Crippen LogP contribution in [0.2, 0.25) is 0 Å². The molecule has 0 atom stereocenters. The molecule has 0 saturated carbocycles. The standard InChI is InChI=1S/C35H32N4O4/c1-36-31-18-25(22-40)12-14-29(31)30(23-41)35(26-10-6-3-7-11-26)38-28-13-15-32-27(19-28)16-17-39(32)34(43)20-33(42)37-21-24-8-4-2-5-9-24/h2-15,18-19,22-23,36,38H,16-17,20-21H2,1H3,(H,37,42)/b35-30+. The zero-order chi connectivity index (χ0) is 30.2. The molecule has 0 saturated heterocycles. The van der Waals surface area contributed by atoms with E-state index in [2.05, 4.69) is 16.0 Å². The summed E-state index contributed by atoms with van der Waals surface area (Å²) in [6.07, 6.45) is 1.99. The van der Waals surface area contributed by atoms with E-state index >= 15 is 0 Å². The second kappa shape index (κ2) is 13.4. The first-order valence-corrected chi connectivity index (χ1v) is 14.0. The fourth-order valence-corrected chi connectivity index (χ4v) is 5.21. The lowest BCUT2D eigenvalue weighted by molar-refractivity contribution is -0.128. The number of aldehydes is 2. The number of rotatable bonds is 11. The van der Waals surface area contributed by atoms with E-state index in [0.717, 1.165) is 40.6 Å². The Kier molecular flexibility index (Phi) is 9.07. The minimum absolute atomic E-state index is 0.230. The lowest BCUT2D eigenvalue weighted by atomic mass is 9.97. The van der Waals surface area contributed by atoms with Crippen LogP contribution < -0.4 is 20.9 Å². The number of nitrogens with zero attached hydrogens (tertiary/aromatic N) is 1. The predicted molar refractivity (Wildman–Crippen MR) is 170 cm³/mol. The van der Waals surface area contributed by atoms with Gasteiger partial charge in [-0.25, -0.2) is 0 Å². The Morgan fingerprint density at radius 3 is 2.33 bits per heavy atom. The molecule has 3 N–H and O–H groups in total. The Labute approximate surface area is 250 Å². The minimum atomic E-state index is -0.318. The van der Waals surface area contributed by atoms with Gasteiger partial charge >= 0.3 is 0 Å². The second-order valence-corrected chi connectivity index (χ2v) is 10.1. The average Bonchev–Trinajstić information content (AvgIpc) is 3.48. The number of anilines is 3. The molecule has 0 unspecified atom stereocenters. The maximum Gasteiger partial charge on any atom is 0.236 e. The van der Waals surface area contributed by atoms with Crippen molar-refractivity contribution in [3.63, 3.8) is 0 Å². The summed E-state index contributed by atoms with van der Waals surface area (Å²) >= 11 is 0. The van der Waals surface area contributed by atoms with Crippen LogP contribution >= 0.6 is 0 Å². The Morgan fingerprint density at radius 2 is 1.63 bits per heavy atom. The zero-order valence-corrected chi connectivity index (χ0v) is 23.8. The van der Waals surface area contributed by atoms with E-state index in [4.69, 9.17) is 0 Å². The van der Waals surface area contributed by atoms with Gasteiger partial charge in [-0.15, -0.1) is 0 Å². The van der Waals surface area contributed by atoms with Gasteiger partial charge in [-0.05, 0) is 47.4 Å². The molecule has 0 aromatic heterocycles. The molecule has 0 fully saturated rings. The first-order valence-electron chi connectivity index (χ1n) is 14.0. The highest BCUT2D eigenvalue weighted by molar-refractivity contribution is 6.20. The summed E-state index contributed by atoms with van der Waals surface area (Å²) in [7, 11) is 1.74. The third-order valence-corrected chi connectivity index (χ3v) is 7.38. The monoisotopic (exact) mass is 572 g/mol. The molecule has 43 heavy (non-hydrogen) atoms. The van der Waals surface area contributed by atoms with E-state index in [9.17, 15) is 19.2 Å². The van der Waals surface area contributed by atoms with Crippen LogP contribution in [0.15, 0.2) is 97.1 Å². The van der Waals surface area contributed by atoms with Crippen LogP contribution in [0.5, 0.6) is 0 Å². The normalized spacial score (nSPS) is 12.5. The number of fused-ring (bicyclic) bond motifs is 1. The Balaban J connectivity index is 1.38. The van der Waals surface area contributed by atoms with Crippen LogP contribution in [0.4, 0.5) is 17.1 Å². The smallest absolute Gasteiger partial charge is 0.236 e. The number of allylic oxidation sites excluding steroid dienone is 1. The summed E-state index contributed by atoms with van der Waals surface area (Å²) in [6.45, 7) is 0.856. The summed E-state index contributed by atoms with van der Waals surface area (Å²) < 4.78 is 0. The fraction of sp³-hybridized carbons (Fsp3) is 0.143. The number of hydrogen-bond donors (Lipinski definition) is 3. The molecule has 216 valence electrons. The van der Waals surface area contributed by atoms with E-state index in [-0.39, 0.29) is 18.2 Å². The molecule has 5 rings (SSSR count). The maximum atomic E-state index is 13.0. The summed E-state index contributed by atoms with van der Waals surface area (Å²) in [4.78, 5) is 51.1. The van der Waals surface area contributed by atoms with Crippen LogP contribution in [0.3, 0.4) is 0 Å². The van der Waals surface area contributed by atoms with Gasteiger partial charge in [-0.2, -0.15) is 0 Å². The van der Waals surface area contributed by atoms with Crippen molar-refractivity contribution in [1.29, 1.82) is 0 Å². The van der Waals surface area contributed by atoms with Gasteiger partial charge in [-0.1, -0.05) is 72.8 Å². The molecule has 0 radical (unpaired) electrons. The van der Waals surface area contributed by atoms with Crippen LogP contribution in [0, 0.1) is 0 Å². The Morgan fingerprint density at radius 1 is 0.884 bits per heavy atom. The molecule has 0 bridgehead atoms. The van der Waals surface area contributed by atoms with Gasteiger partial charge in [0.2, 0.25) is 11.8 Å². The molecule has 4 aromatic carbocycles. The quantitative estimate of drug-likeness (QED) is 0.0973. The van der Waals surface area contributed by atoms with Gasteiger partial charge in [0.05, 0.1) is 5.70 Å². The molecule has 1 aliphatic heterocycles. The molecule has 8 nitrogen and oxygen atoms in total. The third-order valence-electron chi connectivity index (χ3n) is 7.38. The number of hydrogen-bond acceptors (Lipinski definition) is 6. The SMILES string of the molecule is CNc1cc(C=O)ccc1/C(C=O)=C(/Nc1ccc2c(c1)CCN2C(=O)CC(=O)NCc1ccccc1)c1ccccc1. The highest BCUT2D eigenvalue weighted by atomic mass is 16.2. The summed E-state index contributed by atoms with van der Waals surface area (Å²) in [5, 5.41) is 9.35. The Bertz CT molecular complexity index is 1680. The minimum Gasteiger partial charge on any atom is -0.388 e. The lowest BCUT2D eigenvalue weighted by Gasteiger charge is -2.19. The largest absolute Gasteiger partial charge is 0.388 e. The van der Waals surface area contributed by atoms with Crippen molar-refractivity contribution in [2.45, 2.75) is 19.4 Å². The van der Waals surface area contributed by atoms with Crippen LogP contribution in [-0.2, 0) is 27.3 Å². The van der Waals surface area contributed by atoms with E-state index < -0.39 is 0 Å². The first kappa shape index (κ1) is 29.0. The van der Waals surface area contributed by atoms with Gasteiger partial charge in [0.1, 0.15) is 12.7 Å². The third kappa shape index (κ3) is 6.70. The highest BCUT2D eigenvalue weighted by Gasteiger charge is 2.26. The van der Waals surface area contributed by atoms with Gasteiger partial charge in [0, 0.05) is 53.9 Å². The van der Waals surface area contributed by atoms with Crippen LogP contribution in [0.25, 0.3) is 11.3 Å². The van der Waals surface area contributed by atoms with E-state index in [0.29, 0.717) is 47.6 Å². The van der Waals surface area contributed by atoms with Crippen LogP contribution in [-0.4, -0.2) is 38.0 Å². The van der Waals surface area contributed by atoms with Crippen molar-refractivity contribution < 1.29 is 19.2 Å². The highest BCUT2D eigenvalue weighted by Crippen LogP contribution is 2.35. The van der Waals surface area contributed by atoms with Crippen molar-refractivity contribution >= 4 is 52.7 Å². The maximum absolute atomic E-state index is 13.0.